The Balaban J connectivity index is 1.58. The van der Waals surface area contributed by atoms with E-state index >= 15 is 0 Å². The van der Waals surface area contributed by atoms with Crippen LogP contribution in [0.25, 0.3) is 0 Å². The van der Waals surface area contributed by atoms with Crippen molar-refractivity contribution in [3.05, 3.63) is 41.5 Å². The maximum absolute atomic E-state index is 10.5. The highest BCUT2D eigenvalue weighted by Crippen LogP contribution is 2.43. The number of hydrogen-bond acceptors (Lipinski definition) is 10. The van der Waals surface area contributed by atoms with Crippen LogP contribution in [0.1, 0.15) is 17.2 Å². The van der Waals surface area contributed by atoms with E-state index in [1.54, 1.807) is 0 Å². The topological polar surface area (TPSA) is 169 Å². The third-order valence-electron chi connectivity index (χ3n) is 5.21. The SMILES string of the molecule is Oc1ccc([C@@H]2Oc3cc(O[C@H]4OC[C@H](O)[C@@H](O)[C@@H]4O)cc(O)c3C[C@@H]2O)cc1O. The number of rotatable bonds is 3. The van der Waals surface area contributed by atoms with Gasteiger partial charge in [0.1, 0.15) is 41.7 Å². The standard InChI is InChI=1S/C20H22O10/c21-11-2-1-8(3-13(11)23)19-14(24)6-10-12(22)4-9(5-16(10)30-19)29-20-18(27)17(26)15(25)7-28-20/h1-5,14-15,17-27H,6-7H2/t14-,15-,17+,18-,19-,20+/m0/s1. The lowest BCUT2D eigenvalue weighted by molar-refractivity contribution is -0.242. The van der Waals surface area contributed by atoms with Gasteiger partial charge in [-0.25, -0.2) is 0 Å². The number of fused-ring (bicyclic) bond motifs is 1. The molecule has 10 nitrogen and oxygen atoms in total. The molecule has 2 heterocycles. The Morgan fingerprint density at radius 3 is 2.33 bits per heavy atom. The van der Waals surface area contributed by atoms with Crippen LogP contribution in [0.4, 0.5) is 0 Å². The van der Waals surface area contributed by atoms with E-state index in [1.807, 2.05) is 0 Å². The van der Waals surface area contributed by atoms with E-state index in [9.17, 15) is 35.7 Å². The maximum Gasteiger partial charge on any atom is 0.228 e. The van der Waals surface area contributed by atoms with Crippen molar-refractivity contribution in [2.75, 3.05) is 6.61 Å². The minimum Gasteiger partial charge on any atom is -0.507 e. The fourth-order valence-electron chi connectivity index (χ4n) is 3.54. The molecule has 10 heteroatoms. The van der Waals surface area contributed by atoms with E-state index in [2.05, 4.69) is 0 Å². The summed E-state index contributed by atoms with van der Waals surface area (Å²) in [5.74, 6) is -0.602. The van der Waals surface area contributed by atoms with E-state index in [0.717, 1.165) is 0 Å². The van der Waals surface area contributed by atoms with Crippen molar-refractivity contribution in [3.8, 4) is 28.7 Å². The lowest BCUT2D eigenvalue weighted by atomic mass is 9.94. The molecule has 0 bridgehead atoms. The van der Waals surface area contributed by atoms with Crippen molar-refractivity contribution in [2.24, 2.45) is 0 Å². The summed E-state index contributed by atoms with van der Waals surface area (Å²) >= 11 is 0. The normalized spacial score (nSPS) is 30.9. The van der Waals surface area contributed by atoms with Crippen LogP contribution in [0.3, 0.4) is 0 Å². The number of ether oxygens (including phenoxy) is 3. The van der Waals surface area contributed by atoms with Crippen LogP contribution >= 0.6 is 0 Å². The van der Waals surface area contributed by atoms with Crippen molar-refractivity contribution in [2.45, 2.75) is 43.2 Å². The molecular weight excluding hydrogens is 400 g/mol. The Bertz CT molecular complexity index is 932. The number of aliphatic hydroxyl groups is 4. The quantitative estimate of drug-likeness (QED) is 0.325. The van der Waals surface area contributed by atoms with E-state index in [1.165, 1.54) is 30.3 Å². The first kappa shape index (κ1) is 20.5. The van der Waals surface area contributed by atoms with Gasteiger partial charge in [0.25, 0.3) is 0 Å². The molecule has 6 atom stereocenters. The van der Waals surface area contributed by atoms with Crippen molar-refractivity contribution >= 4 is 0 Å². The Morgan fingerprint density at radius 1 is 0.833 bits per heavy atom. The summed E-state index contributed by atoms with van der Waals surface area (Å²) in [7, 11) is 0. The molecule has 0 spiro atoms. The Labute approximate surface area is 170 Å². The van der Waals surface area contributed by atoms with Crippen LogP contribution in [0.5, 0.6) is 28.7 Å². The van der Waals surface area contributed by atoms with Gasteiger partial charge < -0.3 is 50.0 Å². The zero-order chi connectivity index (χ0) is 21.6. The van der Waals surface area contributed by atoms with E-state index < -0.39 is 36.8 Å². The zero-order valence-electron chi connectivity index (χ0n) is 15.6. The summed E-state index contributed by atoms with van der Waals surface area (Å²) < 4.78 is 16.5. The third kappa shape index (κ3) is 3.71. The lowest BCUT2D eigenvalue weighted by Crippen LogP contribution is -2.54. The minimum atomic E-state index is -1.51. The highest BCUT2D eigenvalue weighted by molar-refractivity contribution is 5.52. The van der Waals surface area contributed by atoms with E-state index in [-0.39, 0.29) is 41.8 Å². The number of aliphatic hydroxyl groups excluding tert-OH is 4. The molecule has 0 unspecified atom stereocenters. The largest absolute Gasteiger partial charge is 0.507 e. The number of benzene rings is 2. The molecule has 162 valence electrons. The van der Waals surface area contributed by atoms with Gasteiger partial charge in [-0.2, -0.15) is 0 Å². The average Bonchev–Trinajstić information content (AvgIpc) is 2.71. The van der Waals surface area contributed by atoms with Gasteiger partial charge in [0.2, 0.25) is 6.29 Å². The molecule has 1 fully saturated rings. The molecule has 0 amide bonds. The summed E-state index contributed by atoms with van der Waals surface area (Å²) in [6.07, 6.45) is -7.34. The van der Waals surface area contributed by atoms with E-state index in [0.29, 0.717) is 11.1 Å². The number of hydrogen-bond donors (Lipinski definition) is 7. The second-order valence-electron chi connectivity index (χ2n) is 7.35. The molecule has 0 aromatic heterocycles. The number of phenolic OH excluding ortho intramolecular Hbond substituents is 3. The summed E-state index contributed by atoms with van der Waals surface area (Å²) in [5, 5.41) is 69.3. The Kier molecular flexibility index (Phi) is 5.35. The van der Waals surface area contributed by atoms with Gasteiger partial charge in [0.15, 0.2) is 11.5 Å². The van der Waals surface area contributed by atoms with Crippen LogP contribution in [0.15, 0.2) is 30.3 Å². The molecule has 2 aromatic carbocycles. The van der Waals surface area contributed by atoms with Crippen LogP contribution in [0, 0.1) is 0 Å². The number of aromatic hydroxyl groups is 3. The van der Waals surface area contributed by atoms with Crippen LogP contribution in [0.2, 0.25) is 0 Å². The molecule has 4 rings (SSSR count). The van der Waals surface area contributed by atoms with Crippen molar-refractivity contribution < 1.29 is 50.0 Å². The predicted octanol–water partition coefficient (Wildman–Crippen LogP) is -0.342. The van der Waals surface area contributed by atoms with Crippen molar-refractivity contribution in [3.63, 3.8) is 0 Å². The summed E-state index contributed by atoms with van der Waals surface area (Å²) in [6, 6.07) is 6.73. The smallest absolute Gasteiger partial charge is 0.228 e. The summed E-state index contributed by atoms with van der Waals surface area (Å²) in [5.41, 5.74) is 0.757. The fourth-order valence-corrected chi connectivity index (χ4v) is 3.54. The van der Waals surface area contributed by atoms with Crippen LogP contribution in [-0.2, 0) is 11.2 Å². The molecule has 2 aliphatic rings. The van der Waals surface area contributed by atoms with Gasteiger partial charge in [0.05, 0.1) is 12.7 Å². The Morgan fingerprint density at radius 2 is 1.60 bits per heavy atom. The molecule has 0 radical (unpaired) electrons. The van der Waals surface area contributed by atoms with Crippen LogP contribution in [-0.4, -0.2) is 73.1 Å². The van der Waals surface area contributed by atoms with Gasteiger partial charge in [-0.05, 0) is 17.7 Å². The molecular formula is C20H22O10. The molecule has 30 heavy (non-hydrogen) atoms. The monoisotopic (exact) mass is 422 g/mol. The van der Waals surface area contributed by atoms with E-state index in [4.69, 9.17) is 14.2 Å². The lowest BCUT2D eigenvalue weighted by Gasteiger charge is -2.35. The predicted molar refractivity (Wildman–Crippen MR) is 99.3 cm³/mol. The molecule has 1 saturated heterocycles. The third-order valence-corrected chi connectivity index (χ3v) is 5.21. The summed E-state index contributed by atoms with van der Waals surface area (Å²) in [4.78, 5) is 0. The molecule has 7 N–H and O–H groups in total. The van der Waals surface area contributed by atoms with Gasteiger partial charge >= 0.3 is 0 Å². The van der Waals surface area contributed by atoms with Crippen molar-refractivity contribution in [1.82, 2.24) is 0 Å². The highest BCUT2D eigenvalue weighted by Gasteiger charge is 2.39. The minimum absolute atomic E-state index is 0.0568. The second kappa shape index (κ2) is 7.82. The second-order valence-corrected chi connectivity index (χ2v) is 7.35. The van der Waals surface area contributed by atoms with Crippen molar-refractivity contribution in [1.29, 1.82) is 0 Å². The fraction of sp³-hybridized carbons (Fsp3) is 0.400. The maximum atomic E-state index is 10.5. The number of phenols is 3. The average molecular weight is 422 g/mol. The first-order valence-electron chi connectivity index (χ1n) is 9.29. The van der Waals surface area contributed by atoms with Gasteiger partial charge in [-0.1, -0.05) is 6.07 Å². The first-order valence-corrected chi connectivity index (χ1v) is 9.29. The highest BCUT2D eigenvalue weighted by atomic mass is 16.7. The molecule has 2 aromatic rings. The van der Waals surface area contributed by atoms with Crippen LogP contribution < -0.4 is 9.47 Å². The molecule has 2 aliphatic heterocycles. The molecule has 0 aliphatic carbocycles. The van der Waals surface area contributed by atoms with Gasteiger partial charge in [-0.15, -0.1) is 0 Å². The molecule has 0 saturated carbocycles. The summed E-state index contributed by atoms with van der Waals surface area (Å²) in [6.45, 7) is -0.241. The van der Waals surface area contributed by atoms with Gasteiger partial charge in [-0.3, -0.25) is 0 Å². The first-order chi connectivity index (χ1) is 14.2. The zero-order valence-corrected chi connectivity index (χ0v) is 15.6. The Hall–Kier alpha value is -2.76. The van der Waals surface area contributed by atoms with Gasteiger partial charge in [0, 0.05) is 24.1 Å².